The number of alkyl halides is 1. The number of hydrazine groups is 1. The Balaban J connectivity index is 2.25. The van der Waals surface area contributed by atoms with Crippen molar-refractivity contribution in [1.29, 1.82) is 0 Å². The molecule has 10 atom stereocenters. The number of aromatic hydroxyl groups is 1. The Kier molecular flexibility index (Phi) is 29.8. The molecule has 3 unspecified atom stereocenters. The van der Waals surface area contributed by atoms with Crippen LogP contribution in [0.4, 0.5) is 0 Å². The number of thioether (sulfide) groups is 1. The van der Waals surface area contributed by atoms with E-state index in [0.29, 0.717) is 11.8 Å². The second-order valence-electron chi connectivity index (χ2n) is 19.9. The molecule has 0 saturated carbocycles. The van der Waals surface area contributed by atoms with Crippen molar-refractivity contribution in [2.24, 2.45) is 44.4 Å². The highest BCUT2D eigenvalue weighted by Crippen LogP contribution is 2.22. The largest absolute Gasteiger partial charge is 0.508 e. The summed E-state index contributed by atoms with van der Waals surface area (Å²) in [7, 11) is 0. The van der Waals surface area contributed by atoms with E-state index in [2.05, 4.69) is 68.7 Å². The number of phenolic OH excluding ortho intramolecular Hbond substituents is 1. The molecule has 2 saturated heterocycles. The first-order valence-electron chi connectivity index (χ1n) is 26.8. The van der Waals surface area contributed by atoms with Crippen LogP contribution < -0.4 is 77.2 Å². The van der Waals surface area contributed by atoms with Gasteiger partial charge in [0.15, 0.2) is 23.5 Å². The fraction of sp³-hybridized carbons (Fsp3) is 0.560. The van der Waals surface area contributed by atoms with Crippen molar-refractivity contribution in [2.75, 3.05) is 31.9 Å². The number of aliphatic carboxylic acids is 2. The quantitative estimate of drug-likeness (QED) is 0.0179. The van der Waals surface area contributed by atoms with Crippen LogP contribution in [0.3, 0.4) is 0 Å². The van der Waals surface area contributed by atoms with Crippen molar-refractivity contribution in [1.82, 2.24) is 47.7 Å². The maximum Gasteiger partial charge on any atom is 0.305 e. The Hall–Kier alpha value is -8.51. The van der Waals surface area contributed by atoms with Crippen LogP contribution in [0.5, 0.6) is 5.75 Å². The summed E-state index contributed by atoms with van der Waals surface area (Å²) in [6.07, 6.45) is -4.71. The molecule has 2 aliphatic heterocycles. The SMILES string of the molecule is CC(Br)C(=O)CC1NC(=O)CSC(C(N)=O)C(=O)[C@H](CCCN=C(N)N)NC(=O)[C@H](Cc2ccc(O)cc2)NC(=O)[C@H](CC(N)=O)NC(=O)[C@H](CC(=O)O)NC(=O)CNN[C@@H](CCCN=C(N)N)C(=O)N2CCC[C@H]2C(=O)N[C@@H](CCC(=O)O)C1=O. The number of halogens is 1. The number of hydrogen-bond acceptors (Lipinski definition) is 20. The molecule has 23 N–H and O–H groups in total. The maximum atomic E-state index is 14.5. The smallest absolute Gasteiger partial charge is 0.305 e. The summed E-state index contributed by atoms with van der Waals surface area (Å²) in [6, 6.07) is -8.42. The van der Waals surface area contributed by atoms with E-state index in [9.17, 15) is 82.4 Å². The molecule has 2 fully saturated rings. The number of guanidine groups is 2. The highest BCUT2D eigenvalue weighted by Gasteiger charge is 2.41. The number of carboxylic acid groups (broad SMARTS) is 2. The fourth-order valence-electron chi connectivity index (χ4n) is 8.77. The molecule has 36 heteroatoms. The summed E-state index contributed by atoms with van der Waals surface area (Å²) in [6.45, 7) is 0.442. The van der Waals surface area contributed by atoms with Gasteiger partial charge in [0.25, 0.3) is 0 Å². The molecular formula is C50H74BrN17O17S. The summed E-state index contributed by atoms with van der Waals surface area (Å²) in [4.78, 5) is 198. The van der Waals surface area contributed by atoms with Gasteiger partial charge in [-0.1, -0.05) is 28.1 Å². The maximum absolute atomic E-state index is 14.5. The minimum absolute atomic E-state index is 0.00155. The van der Waals surface area contributed by atoms with Gasteiger partial charge in [0.1, 0.15) is 47.0 Å². The molecule has 474 valence electrons. The van der Waals surface area contributed by atoms with Gasteiger partial charge in [-0.3, -0.25) is 77.1 Å². The van der Waals surface area contributed by atoms with Crippen LogP contribution in [0.2, 0.25) is 0 Å². The summed E-state index contributed by atoms with van der Waals surface area (Å²) in [5, 5.41) is 41.5. The van der Waals surface area contributed by atoms with E-state index in [1.54, 1.807) is 0 Å². The van der Waals surface area contributed by atoms with E-state index >= 15 is 0 Å². The van der Waals surface area contributed by atoms with E-state index in [1.165, 1.54) is 31.2 Å². The molecule has 9 amide bonds. The minimum Gasteiger partial charge on any atom is -0.508 e. The van der Waals surface area contributed by atoms with Crippen molar-refractivity contribution in [3.05, 3.63) is 29.8 Å². The van der Waals surface area contributed by atoms with Crippen LogP contribution in [0.15, 0.2) is 34.3 Å². The van der Waals surface area contributed by atoms with Crippen LogP contribution in [-0.4, -0.2) is 205 Å². The van der Waals surface area contributed by atoms with Crippen molar-refractivity contribution in [3.8, 4) is 5.75 Å². The monoisotopic (exact) mass is 1300 g/mol. The van der Waals surface area contributed by atoms with Crippen molar-refractivity contribution >= 4 is 122 Å². The van der Waals surface area contributed by atoms with E-state index < -0.39 is 192 Å². The number of benzene rings is 1. The molecule has 34 nitrogen and oxygen atoms in total. The van der Waals surface area contributed by atoms with Gasteiger partial charge in [0.05, 0.1) is 48.1 Å². The standard InChI is InChI=1S/C50H74BrN17O17S/c1-23(51)34(70)18-29-40(78)27(12-13-38(74)75)64-47(84)33-7-4-16-68(33)48(85)28(6-3-15-59-50(56)57)67-60-21-36(72)62-32(20-39(76)77)46(83)66-31(19-35(52)71)45(82)65-30(17-24-8-10-25(69)11-9-24)44(81)63-26(5-2-14-58-49(54)55)41(79)42(43(53)80)86-22-37(73)61-29/h8-11,23,26-33,42,60,67,69H,2-7,12-22H2,1H3,(H2,52,71)(H2,53,80)(H,61,73)(H,62,72)(H,63,81)(H,64,84)(H,65,82)(H,66,83)(H,74,75)(H,76,77)(H4,54,55,58)(H4,56,57,59)/t23?,26-,27-,28-,29?,30-,31-,32-,33-,42?/m0/s1. The van der Waals surface area contributed by atoms with Gasteiger partial charge in [-0.15, -0.1) is 11.8 Å². The highest BCUT2D eigenvalue weighted by atomic mass is 79.9. The van der Waals surface area contributed by atoms with Crippen LogP contribution in [0, 0.1) is 0 Å². The molecule has 0 aromatic heterocycles. The van der Waals surface area contributed by atoms with Crippen LogP contribution >= 0.6 is 27.7 Å². The molecule has 0 bridgehead atoms. The molecule has 1 aromatic rings. The van der Waals surface area contributed by atoms with Gasteiger partial charge >= 0.3 is 11.9 Å². The number of amides is 9. The lowest BCUT2D eigenvalue weighted by Gasteiger charge is -2.31. The zero-order valence-electron chi connectivity index (χ0n) is 46.8. The second kappa shape index (κ2) is 35.7. The Morgan fingerprint density at radius 3 is 1.74 bits per heavy atom. The number of aliphatic imine (C=N–C) groups is 2. The number of hydrogen-bond donors (Lipinski definition) is 17. The van der Waals surface area contributed by atoms with E-state index in [0.717, 1.165) is 4.90 Å². The third kappa shape index (κ3) is 25.0. The van der Waals surface area contributed by atoms with E-state index in [1.807, 2.05) is 0 Å². The van der Waals surface area contributed by atoms with Gasteiger partial charge in [0.2, 0.25) is 53.2 Å². The van der Waals surface area contributed by atoms with Crippen LogP contribution in [0.1, 0.15) is 83.1 Å². The van der Waals surface area contributed by atoms with Gasteiger partial charge in [0, 0.05) is 38.9 Å². The normalized spacial score (nSPS) is 24.2. The van der Waals surface area contributed by atoms with E-state index in [4.69, 9.17) is 34.4 Å². The summed E-state index contributed by atoms with van der Waals surface area (Å²) < 4.78 is 0. The number of carbonyl (C=O) groups excluding carboxylic acids is 12. The Morgan fingerprint density at radius 2 is 1.19 bits per heavy atom. The zero-order valence-corrected chi connectivity index (χ0v) is 49.2. The lowest BCUT2D eigenvalue weighted by atomic mass is 9.95. The fourth-order valence-corrected chi connectivity index (χ4v) is 9.86. The predicted molar refractivity (Wildman–Crippen MR) is 309 cm³/mol. The number of nitrogens with two attached hydrogens (primary N) is 6. The molecule has 2 aliphatic rings. The van der Waals surface area contributed by atoms with Crippen molar-refractivity contribution in [3.63, 3.8) is 0 Å². The number of primary amides is 2. The first-order valence-corrected chi connectivity index (χ1v) is 28.8. The lowest BCUT2D eigenvalue weighted by Crippen LogP contribution is -2.60. The van der Waals surface area contributed by atoms with Crippen LogP contribution in [-0.2, 0) is 73.5 Å². The first-order chi connectivity index (χ1) is 40.5. The number of nitrogens with zero attached hydrogens (tertiary/aromatic N) is 3. The molecule has 0 spiro atoms. The molecular weight excluding hydrogens is 1220 g/mol. The van der Waals surface area contributed by atoms with Gasteiger partial charge in [-0.25, -0.2) is 10.9 Å². The third-order valence-electron chi connectivity index (χ3n) is 13.0. The average molecular weight is 1300 g/mol. The highest BCUT2D eigenvalue weighted by molar-refractivity contribution is 9.10. The van der Waals surface area contributed by atoms with Crippen LogP contribution in [0.25, 0.3) is 0 Å². The Labute approximate surface area is 504 Å². The number of nitrogens with one attached hydrogen (secondary N) is 8. The van der Waals surface area contributed by atoms with E-state index in [-0.39, 0.29) is 81.4 Å². The summed E-state index contributed by atoms with van der Waals surface area (Å²) in [5.74, 6) is -17.7. The molecule has 86 heavy (non-hydrogen) atoms. The number of carbonyl (C=O) groups is 14. The second-order valence-corrected chi connectivity index (χ2v) is 22.3. The summed E-state index contributed by atoms with van der Waals surface area (Å²) in [5.41, 5.74) is 38.6. The van der Waals surface area contributed by atoms with Gasteiger partial charge in [-0.2, -0.15) is 0 Å². The molecule has 0 aliphatic carbocycles. The Bertz CT molecular complexity index is 2730. The number of Topliss-reactive ketones (excluding diaryl/α,β-unsaturated/α-hetero) is 3. The van der Waals surface area contributed by atoms with Gasteiger partial charge < -0.3 is 86.5 Å². The molecule has 2 heterocycles. The number of rotatable bonds is 21. The molecule has 1 aromatic carbocycles. The Morgan fingerprint density at radius 1 is 0.651 bits per heavy atom. The minimum atomic E-state index is -1.99. The average Bonchev–Trinajstić information content (AvgIpc) is 2.83. The summed E-state index contributed by atoms with van der Waals surface area (Å²) >= 11 is 3.45. The number of ketones is 3. The van der Waals surface area contributed by atoms with Crippen molar-refractivity contribution in [2.45, 2.75) is 142 Å². The molecule has 0 radical (unpaired) electrons. The lowest BCUT2D eigenvalue weighted by molar-refractivity contribution is -0.142. The number of fused-ring (bicyclic) bond motifs is 1. The topological polar surface area (TPSA) is 580 Å². The molecule has 3 rings (SSSR count). The van der Waals surface area contributed by atoms with Gasteiger partial charge in [-0.05, 0) is 69.6 Å². The third-order valence-corrected chi connectivity index (χ3v) is 14.8. The first kappa shape index (κ1) is 71.8. The van der Waals surface area contributed by atoms with Crippen molar-refractivity contribution < 1.29 is 82.4 Å². The number of carboxylic acids is 2. The number of phenols is 1. The predicted octanol–water partition coefficient (Wildman–Crippen LogP) is -6.90. The zero-order chi connectivity index (χ0) is 64.4.